The molecular weight excluding hydrogens is 558 g/mol. The average molecular weight is 586 g/mol. The Balaban J connectivity index is 1.19. The van der Waals surface area contributed by atoms with E-state index in [2.05, 4.69) is 103 Å². The van der Waals surface area contributed by atoms with Crippen LogP contribution in [-0.2, 0) is 0 Å². The minimum atomic E-state index is 0.654. The third kappa shape index (κ3) is 4.41. The van der Waals surface area contributed by atoms with Gasteiger partial charge in [-0.1, -0.05) is 158 Å². The summed E-state index contributed by atoms with van der Waals surface area (Å²) in [6.45, 7) is 0. The van der Waals surface area contributed by atoms with Crippen LogP contribution in [-0.4, -0.2) is 15.0 Å². The number of benzene rings is 8. The van der Waals surface area contributed by atoms with Crippen molar-refractivity contribution in [1.82, 2.24) is 15.0 Å². The first kappa shape index (κ1) is 26.2. The van der Waals surface area contributed by atoms with Crippen LogP contribution < -0.4 is 0 Å². The molecule has 1 heterocycles. The van der Waals surface area contributed by atoms with Crippen molar-refractivity contribution in [3.63, 3.8) is 0 Å². The maximum atomic E-state index is 4.91. The van der Waals surface area contributed by atoms with Crippen LogP contribution in [0, 0.1) is 0 Å². The van der Waals surface area contributed by atoms with E-state index in [1.54, 1.807) is 0 Å². The fraction of sp³-hybridized carbons (Fsp3) is 0. The van der Waals surface area contributed by atoms with Gasteiger partial charge in [-0.05, 0) is 60.3 Å². The molecule has 214 valence electrons. The molecule has 0 amide bonds. The molecule has 9 aromatic rings. The molecule has 3 nitrogen and oxygen atoms in total. The summed E-state index contributed by atoms with van der Waals surface area (Å²) in [5.74, 6) is 1.98. The fourth-order valence-corrected chi connectivity index (χ4v) is 6.65. The molecule has 0 atom stereocenters. The van der Waals surface area contributed by atoms with E-state index in [-0.39, 0.29) is 0 Å². The first-order valence-corrected chi connectivity index (χ1v) is 15.5. The number of hydrogen-bond donors (Lipinski definition) is 0. The molecule has 0 bridgehead atoms. The molecule has 46 heavy (non-hydrogen) atoms. The number of hydrogen-bond acceptors (Lipinski definition) is 3. The van der Waals surface area contributed by atoms with E-state index in [0.29, 0.717) is 17.5 Å². The summed E-state index contributed by atoms with van der Waals surface area (Å²) >= 11 is 0. The van der Waals surface area contributed by atoms with Crippen LogP contribution in [0.3, 0.4) is 0 Å². The molecule has 3 heteroatoms. The number of fused-ring (bicyclic) bond motifs is 8. The van der Waals surface area contributed by atoms with Gasteiger partial charge in [0.15, 0.2) is 17.5 Å². The van der Waals surface area contributed by atoms with Gasteiger partial charge in [0, 0.05) is 16.7 Å². The van der Waals surface area contributed by atoms with Gasteiger partial charge in [0.05, 0.1) is 0 Å². The van der Waals surface area contributed by atoms with Gasteiger partial charge in [0.2, 0.25) is 0 Å². The zero-order valence-corrected chi connectivity index (χ0v) is 24.9. The minimum Gasteiger partial charge on any atom is -0.208 e. The van der Waals surface area contributed by atoms with E-state index in [9.17, 15) is 0 Å². The SMILES string of the molecule is c1ccc(-c2nc(-c3ccccc3)nc(-c3ccc(-c4ccc5c6ccccc6c6ccc7ccccc7c6c5c4)cc3)n2)cc1. The van der Waals surface area contributed by atoms with Gasteiger partial charge >= 0.3 is 0 Å². The van der Waals surface area contributed by atoms with Gasteiger partial charge in [0.25, 0.3) is 0 Å². The zero-order valence-electron chi connectivity index (χ0n) is 24.9. The van der Waals surface area contributed by atoms with Gasteiger partial charge in [-0.25, -0.2) is 15.0 Å². The summed E-state index contributed by atoms with van der Waals surface area (Å²) < 4.78 is 0. The lowest BCUT2D eigenvalue weighted by Gasteiger charge is -2.14. The smallest absolute Gasteiger partial charge is 0.164 e. The van der Waals surface area contributed by atoms with E-state index < -0.39 is 0 Å². The van der Waals surface area contributed by atoms with E-state index >= 15 is 0 Å². The predicted molar refractivity (Wildman–Crippen MR) is 192 cm³/mol. The molecule has 0 saturated heterocycles. The van der Waals surface area contributed by atoms with Gasteiger partial charge in [-0.15, -0.1) is 0 Å². The summed E-state index contributed by atoms with van der Waals surface area (Å²) in [5, 5.41) is 10.2. The topological polar surface area (TPSA) is 38.7 Å². The highest BCUT2D eigenvalue weighted by atomic mass is 15.0. The van der Waals surface area contributed by atoms with Gasteiger partial charge < -0.3 is 0 Å². The molecule has 0 fully saturated rings. The van der Waals surface area contributed by atoms with Gasteiger partial charge in [-0.2, -0.15) is 0 Å². The van der Waals surface area contributed by atoms with E-state index in [1.165, 1.54) is 48.7 Å². The van der Waals surface area contributed by atoms with Crippen LogP contribution >= 0.6 is 0 Å². The summed E-state index contributed by atoms with van der Waals surface area (Å²) in [7, 11) is 0. The van der Waals surface area contributed by atoms with Gasteiger partial charge in [-0.3, -0.25) is 0 Å². The molecule has 8 aromatic carbocycles. The number of rotatable bonds is 4. The fourth-order valence-electron chi connectivity index (χ4n) is 6.65. The Hall–Kier alpha value is -6.19. The maximum absolute atomic E-state index is 4.91. The monoisotopic (exact) mass is 585 g/mol. The molecular formula is C43H27N3. The Labute approximate surface area is 266 Å². The van der Waals surface area contributed by atoms with E-state index in [0.717, 1.165) is 22.3 Å². The first-order valence-electron chi connectivity index (χ1n) is 15.5. The molecule has 9 rings (SSSR count). The third-order valence-corrected chi connectivity index (χ3v) is 8.90. The van der Waals surface area contributed by atoms with Crippen molar-refractivity contribution in [2.24, 2.45) is 0 Å². The molecule has 0 aliphatic carbocycles. The number of aromatic nitrogens is 3. The lowest BCUT2D eigenvalue weighted by Crippen LogP contribution is -2.00. The molecule has 0 radical (unpaired) electrons. The normalized spacial score (nSPS) is 11.5. The lowest BCUT2D eigenvalue weighted by molar-refractivity contribution is 1.07. The molecule has 0 saturated carbocycles. The summed E-state index contributed by atoms with van der Waals surface area (Å²) in [6, 6.07) is 57.6. The molecule has 0 aliphatic rings. The Morgan fingerprint density at radius 1 is 0.261 bits per heavy atom. The Bertz CT molecular complexity index is 2500. The molecule has 0 N–H and O–H groups in total. The lowest BCUT2D eigenvalue weighted by atomic mass is 9.89. The van der Waals surface area contributed by atoms with Crippen molar-refractivity contribution >= 4 is 43.1 Å². The highest BCUT2D eigenvalue weighted by Crippen LogP contribution is 2.40. The second-order valence-electron chi connectivity index (χ2n) is 11.6. The van der Waals surface area contributed by atoms with Crippen LogP contribution in [0.2, 0.25) is 0 Å². The highest BCUT2D eigenvalue weighted by Gasteiger charge is 2.14. The second-order valence-corrected chi connectivity index (χ2v) is 11.6. The molecule has 0 spiro atoms. The van der Waals surface area contributed by atoms with E-state index in [4.69, 9.17) is 15.0 Å². The summed E-state index contributed by atoms with van der Waals surface area (Å²) in [6.07, 6.45) is 0. The summed E-state index contributed by atoms with van der Waals surface area (Å²) in [5.41, 5.74) is 5.19. The molecule has 0 aliphatic heterocycles. The Kier molecular flexibility index (Phi) is 6.14. The predicted octanol–water partition coefficient (Wildman–Crippen LogP) is 11.2. The second kappa shape index (κ2) is 10.8. The van der Waals surface area contributed by atoms with Crippen molar-refractivity contribution in [3.8, 4) is 45.3 Å². The minimum absolute atomic E-state index is 0.654. The largest absolute Gasteiger partial charge is 0.208 e. The average Bonchev–Trinajstić information content (AvgIpc) is 3.15. The Morgan fingerprint density at radius 3 is 1.33 bits per heavy atom. The quantitative estimate of drug-likeness (QED) is 0.193. The van der Waals surface area contributed by atoms with Gasteiger partial charge in [0.1, 0.15) is 0 Å². The summed E-state index contributed by atoms with van der Waals surface area (Å²) in [4.78, 5) is 14.7. The van der Waals surface area contributed by atoms with Crippen molar-refractivity contribution in [2.75, 3.05) is 0 Å². The van der Waals surface area contributed by atoms with Crippen molar-refractivity contribution in [1.29, 1.82) is 0 Å². The number of nitrogens with zero attached hydrogens (tertiary/aromatic N) is 3. The van der Waals surface area contributed by atoms with E-state index in [1.807, 2.05) is 60.7 Å². The van der Waals surface area contributed by atoms with Crippen LogP contribution in [0.5, 0.6) is 0 Å². The van der Waals surface area contributed by atoms with Crippen molar-refractivity contribution in [3.05, 3.63) is 164 Å². The van der Waals surface area contributed by atoms with Crippen LogP contribution in [0.25, 0.3) is 88.4 Å². The molecule has 0 unspecified atom stereocenters. The maximum Gasteiger partial charge on any atom is 0.164 e. The standard InChI is InChI=1S/C43H27N3/c1-3-12-30(13-4-1)41-44-42(31-14-5-2-6-15-31)46-43(45-41)32-21-19-28(20-22-32)33-24-25-37-35-17-9-10-18-36(35)38-26-23-29-11-7-8-16-34(29)40(38)39(37)27-33/h1-27H. The van der Waals surface area contributed by atoms with Crippen molar-refractivity contribution < 1.29 is 0 Å². The Morgan fingerprint density at radius 2 is 0.696 bits per heavy atom. The highest BCUT2D eigenvalue weighted by molar-refractivity contribution is 6.31. The first-order chi connectivity index (χ1) is 22.8. The van der Waals surface area contributed by atoms with Crippen LogP contribution in [0.4, 0.5) is 0 Å². The van der Waals surface area contributed by atoms with Crippen LogP contribution in [0.15, 0.2) is 164 Å². The molecule has 1 aromatic heterocycles. The van der Waals surface area contributed by atoms with Crippen molar-refractivity contribution in [2.45, 2.75) is 0 Å². The third-order valence-electron chi connectivity index (χ3n) is 8.90. The zero-order chi connectivity index (χ0) is 30.5. The van der Waals surface area contributed by atoms with Crippen LogP contribution in [0.1, 0.15) is 0 Å².